The van der Waals surface area contributed by atoms with Gasteiger partial charge in [0.25, 0.3) is 0 Å². The Balaban J connectivity index is 3.24. The lowest BCUT2D eigenvalue weighted by molar-refractivity contribution is -0.145. The van der Waals surface area contributed by atoms with E-state index in [0.717, 1.165) is 18.8 Å². The maximum absolute atomic E-state index is 11.6. The topological polar surface area (TPSA) is 44.8 Å². The molecule has 0 aliphatic heterocycles. The first-order chi connectivity index (χ1) is 13.7. The third kappa shape index (κ3) is 21.7. The van der Waals surface area contributed by atoms with Crippen molar-refractivity contribution in [1.82, 2.24) is 0 Å². The molecular formula is C24H48O4. The number of carbonyl (C=O) groups excluding carboxylic acids is 1. The minimum Gasteiger partial charge on any atom is -0.463 e. The van der Waals surface area contributed by atoms with Crippen molar-refractivity contribution in [1.29, 1.82) is 0 Å². The Kier molecular flexibility index (Phi) is 22.2. The number of rotatable bonds is 22. The fraction of sp³-hybridized carbons (Fsp3) is 0.958. The van der Waals surface area contributed by atoms with Crippen LogP contribution in [0.25, 0.3) is 0 Å². The minimum absolute atomic E-state index is 0.0983. The minimum atomic E-state index is -0.0983. The number of carbonyl (C=O) groups is 1. The van der Waals surface area contributed by atoms with Crippen molar-refractivity contribution in [2.24, 2.45) is 5.92 Å². The van der Waals surface area contributed by atoms with Crippen molar-refractivity contribution in [3.63, 3.8) is 0 Å². The average molecular weight is 401 g/mol. The van der Waals surface area contributed by atoms with Gasteiger partial charge in [-0.3, -0.25) is 4.79 Å². The molecule has 1 atom stereocenters. The highest BCUT2D eigenvalue weighted by molar-refractivity contribution is 5.69. The van der Waals surface area contributed by atoms with Gasteiger partial charge in [-0.05, 0) is 12.3 Å². The van der Waals surface area contributed by atoms with E-state index in [1.165, 1.54) is 77.0 Å². The molecule has 0 aliphatic carbocycles. The molecule has 168 valence electrons. The van der Waals surface area contributed by atoms with Crippen LogP contribution < -0.4 is 0 Å². The third-order valence-electron chi connectivity index (χ3n) is 5.30. The maximum atomic E-state index is 11.6. The largest absolute Gasteiger partial charge is 0.463 e. The van der Waals surface area contributed by atoms with E-state index in [9.17, 15) is 4.79 Å². The Bertz CT molecular complexity index is 320. The summed E-state index contributed by atoms with van der Waals surface area (Å²) in [7, 11) is 1.64. The van der Waals surface area contributed by atoms with E-state index in [-0.39, 0.29) is 5.97 Å². The molecule has 0 rings (SSSR count). The van der Waals surface area contributed by atoms with Gasteiger partial charge in [-0.2, -0.15) is 0 Å². The van der Waals surface area contributed by atoms with Gasteiger partial charge in [-0.1, -0.05) is 97.3 Å². The van der Waals surface area contributed by atoms with Crippen LogP contribution in [0.1, 0.15) is 110 Å². The van der Waals surface area contributed by atoms with Gasteiger partial charge in [-0.25, -0.2) is 0 Å². The highest BCUT2D eigenvalue weighted by Gasteiger charge is 2.04. The normalized spacial score (nSPS) is 12.2. The summed E-state index contributed by atoms with van der Waals surface area (Å²) in [5.41, 5.74) is 0. The lowest BCUT2D eigenvalue weighted by atomic mass is 9.96. The van der Waals surface area contributed by atoms with Gasteiger partial charge < -0.3 is 14.2 Å². The zero-order valence-electron chi connectivity index (χ0n) is 19.1. The van der Waals surface area contributed by atoms with Gasteiger partial charge in [-0.15, -0.1) is 0 Å². The molecule has 0 aromatic carbocycles. The molecule has 0 saturated carbocycles. The molecule has 0 aliphatic rings. The molecule has 1 unspecified atom stereocenters. The summed E-state index contributed by atoms with van der Waals surface area (Å²) in [4.78, 5) is 11.6. The van der Waals surface area contributed by atoms with Gasteiger partial charge >= 0.3 is 5.97 Å². The number of esters is 1. The number of hydrogen-bond acceptors (Lipinski definition) is 4. The molecule has 4 nitrogen and oxygen atoms in total. The SMILES string of the molecule is CCCCCCCCC(C)CCCCCCCCC(=O)OCCOCCOC. The quantitative estimate of drug-likeness (QED) is 0.150. The summed E-state index contributed by atoms with van der Waals surface area (Å²) in [5, 5.41) is 0. The van der Waals surface area contributed by atoms with E-state index in [2.05, 4.69) is 13.8 Å². The van der Waals surface area contributed by atoms with E-state index < -0.39 is 0 Å². The third-order valence-corrected chi connectivity index (χ3v) is 5.30. The number of hydrogen-bond donors (Lipinski definition) is 0. The molecule has 0 fully saturated rings. The van der Waals surface area contributed by atoms with Crippen LogP contribution in [0.2, 0.25) is 0 Å². The highest BCUT2D eigenvalue weighted by atomic mass is 16.6. The monoisotopic (exact) mass is 400 g/mol. The molecule has 28 heavy (non-hydrogen) atoms. The van der Waals surface area contributed by atoms with E-state index in [1.54, 1.807) is 7.11 Å². The van der Waals surface area contributed by atoms with Crippen molar-refractivity contribution >= 4 is 5.97 Å². The van der Waals surface area contributed by atoms with E-state index in [0.29, 0.717) is 32.8 Å². The first kappa shape index (κ1) is 27.4. The Labute approximate surface area is 175 Å². The summed E-state index contributed by atoms with van der Waals surface area (Å²) < 4.78 is 15.3. The zero-order valence-corrected chi connectivity index (χ0v) is 19.1. The smallest absolute Gasteiger partial charge is 0.305 e. The average Bonchev–Trinajstić information content (AvgIpc) is 2.69. The molecule has 0 aromatic heterocycles. The fourth-order valence-electron chi connectivity index (χ4n) is 3.42. The second kappa shape index (κ2) is 22.7. The molecule has 0 heterocycles. The van der Waals surface area contributed by atoms with Crippen molar-refractivity contribution in [2.75, 3.05) is 33.5 Å². The summed E-state index contributed by atoms with van der Waals surface area (Å²) in [6, 6.07) is 0. The van der Waals surface area contributed by atoms with Crippen LogP contribution in [0.15, 0.2) is 0 Å². The summed E-state index contributed by atoms with van der Waals surface area (Å²) >= 11 is 0. The Morgan fingerprint density at radius 2 is 1.25 bits per heavy atom. The van der Waals surface area contributed by atoms with Gasteiger partial charge in [0.2, 0.25) is 0 Å². The summed E-state index contributed by atoms with van der Waals surface area (Å²) in [6.07, 6.45) is 19.1. The van der Waals surface area contributed by atoms with Crippen molar-refractivity contribution < 1.29 is 19.0 Å². The molecule has 0 bridgehead atoms. The molecule has 0 radical (unpaired) electrons. The second-order valence-electron chi connectivity index (χ2n) is 8.15. The van der Waals surface area contributed by atoms with E-state index >= 15 is 0 Å². The Morgan fingerprint density at radius 1 is 0.714 bits per heavy atom. The van der Waals surface area contributed by atoms with Crippen molar-refractivity contribution in [3.8, 4) is 0 Å². The van der Waals surface area contributed by atoms with Crippen LogP contribution >= 0.6 is 0 Å². The Hall–Kier alpha value is -0.610. The number of unbranched alkanes of at least 4 members (excludes halogenated alkanes) is 10. The van der Waals surface area contributed by atoms with Gasteiger partial charge in [0.1, 0.15) is 6.61 Å². The molecule has 0 aromatic rings. The number of methoxy groups -OCH3 is 1. The standard InChI is InChI=1S/C24H48O4/c1-4-5-6-7-10-13-16-23(2)17-14-11-8-9-12-15-18-24(25)28-22-21-27-20-19-26-3/h23H,4-22H2,1-3H3. The predicted molar refractivity (Wildman–Crippen MR) is 118 cm³/mol. The lowest BCUT2D eigenvalue weighted by Gasteiger charge is -2.11. The number of ether oxygens (including phenoxy) is 3. The molecular weight excluding hydrogens is 352 g/mol. The van der Waals surface area contributed by atoms with Crippen LogP contribution in [0.3, 0.4) is 0 Å². The Morgan fingerprint density at radius 3 is 1.86 bits per heavy atom. The van der Waals surface area contributed by atoms with Crippen LogP contribution in [0.4, 0.5) is 0 Å². The molecule has 0 N–H and O–H groups in total. The van der Waals surface area contributed by atoms with E-state index in [4.69, 9.17) is 14.2 Å². The summed E-state index contributed by atoms with van der Waals surface area (Å²) in [6.45, 7) is 6.61. The van der Waals surface area contributed by atoms with Crippen molar-refractivity contribution in [2.45, 2.75) is 110 Å². The van der Waals surface area contributed by atoms with Crippen LogP contribution in [-0.2, 0) is 19.0 Å². The van der Waals surface area contributed by atoms with Crippen molar-refractivity contribution in [3.05, 3.63) is 0 Å². The highest BCUT2D eigenvalue weighted by Crippen LogP contribution is 2.18. The van der Waals surface area contributed by atoms with Crippen LogP contribution in [0, 0.1) is 5.92 Å². The van der Waals surface area contributed by atoms with Gasteiger partial charge in [0, 0.05) is 13.5 Å². The van der Waals surface area contributed by atoms with Crippen LogP contribution in [0.5, 0.6) is 0 Å². The second-order valence-corrected chi connectivity index (χ2v) is 8.15. The molecule has 0 amide bonds. The maximum Gasteiger partial charge on any atom is 0.305 e. The van der Waals surface area contributed by atoms with Crippen LogP contribution in [-0.4, -0.2) is 39.5 Å². The molecule has 4 heteroatoms. The first-order valence-corrected chi connectivity index (χ1v) is 11.9. The van der Waals surface area contributed by atoms with Gasteiger partial charge in [0.15, 0.2) is 0 Å². The molecule has 0 spiro atoms. The summed E-state index contributed by atoms with van der Waals surface area (Å²) in [5.74, 6) is 0.790. The first-order valence-electron chi connectivity index (χ1n) is 11.9. The van der Waals surface area contributed by atoms with Gasteiger partial charge in [0.05, 0.1) is 19.8 Å². The zero-order chi connectivity index (χ0) is 20.7. The fourth-order valence-corrected chi connectivity index (χ4v) is 3.42. The van der Waals surface area contributed by atoms with E-state index in [1.807, 2.05) is 0 Å². The lowest BCUT2D eigenvalue weighted by Crippen LogP contribution is -2.12. The molecule has 0 saturated heterocycles. The predicted octanol–water partition coefficient (Wildman–Crippen LogP) is 6.70.